The van der Waals surface area contributed by atoms with Crippen LogP contribution in [-0.4, -0.2) is 57.1 Å². The molecule has 0 aliphatic heterocycles. The van der Waals surface area contributed by atoms with Crippen LogP contribution in [0, 0.1) is 6.92 Å². The van der Waals surface area contributed by atoms with E-state index in [1.54, 1.807) is 29.2 Å². The number of hydrogen-bond acceptors (Lipinski definition) is 5. The Morgan fingerprint density at radius 2 is 1.76 bits per heavy atom. The van der Waals surface area contributed by atoms with Gasteiger partial charge in [-0.05, 0) is 50.8 Å². The average Bonchev–Trinajstić information content (AvgIpc) is 2.85. The molecule has 0 aliphatic rings. The highest BCUT2D eigenvalue weighted by Crippen LogP contribution is 2.29. The summed E-state index contributed by atoms with van der Waals surface area (Å²) < 4.78 is 31.8. The summed E-state index contributed by atoms with van der Waals surface area (Å²) >= 11 is 0. The molecule has 2 rings (SSSR count). The molecule has 8 nitrogen and oxygen atoms in total. The molecule has 0 saturated carbocycles. The number of anilines is 1. The summed E-state index contributed by atoms with van der Waals surface area (Å²) in [5.74, 6) is 0.0684. The normalized spacial score (nSPS) is 12.9. The number of nitrogens with zero attached hydrogens (tertiary/aromatic N) is 2. The predicted octanol–water partition coefficient (Wildman–Crippen LogP) is 4.27. The molecule has 204 valence electrons. The van der Waals surface area contributed by atoms with Gasteiger partial charge in [-0.1, -0.05) is 55.8 Å². The van der Waals surface area contributed by atoms with Crippen LogP contribution < -0.4 is 14.4 Å². The summed E-state index contributed by atoms with van der Waals surface area (Å²) in [6.07, 6.45) is 2.78. The number of benzene rings is 2. The van der Waals surface area contributed by atoms with Crippen LogP contribution in [-0.2, 0) is 26.2 Å². The molecule has 0 aromatic heterocycles. The van der Waals surface area contributed by atoms with E-state index in [0.29, 0.717) is 24.4 Å². The Morgan fingerprint density at radius 3 is 2.35 bits per heavy atom. The van der Waals surface area contributed by atoms with Crippen molar-refractivity contribution in [1.82, 2.24) is 10.2 Å². The highest BCUT2D eigenvalue weighted by molar-refractivity contribution is 7.92. The second-order valence-electron chi connectivity index (χ2n) is 9.36. The lowest BCUT2D eigenvalue weighted by Crippen LogP contribution is -2.50. The highest BCUT2D eigenvalue weighted by atomic mass is 32.2. The second-order valence-corrected chi connectivity index (χ2v) is 11.3. The average molecular weight is 532 g/mol. The number of para-hydroxylation sites is 2. The van der Waals surface area contributed by atoms with Gasteiger partial charge in [0.05, 0.1) is 19.1 Å². The standard InChI is InChI=1S/C28H41N3O5S/c1-7-22(4)29-28(33)24(8-2)30(20-23-14-11-13-21(3)19-23)27(32)17-12-18-31(37(6,34)35)25-15-9-10-16-26(25)36-5/h9-11,13-16,19,22,24H,7-8,12,17-18,20H2,1-6H3,(H,29,33). The molecule has 0 heterocycles. The predicted molar refractivity (Wildman–Crippen MR) is 148 cm³/mol. The van der Waals surface area contributed by atoms with E-state index in [2.05, 4.69) is 5.32 Å². The van der Waals surface area contributed by atoms with Crippen LogP contribution in [0.25, 0.3) is 0 Å². The zero-order chi connectivity index (χ0) is 27.6. The summed E-state index contributed by atoms with van der Waals surface area (Å²) in [5, 5.41) is 3.01. The van der Waals surface area contributed by atoms with Crippen LogP contribution in [0.4, 0.5) is 5.69 Å². The Labute approximate surface area is 222 Å². The number of aryl methyl sites for hydroxylation is 1. The molecule has 2 aromatic carbocycles. The van der Waals surface area contributed by atoms with Gasteiger partial charge in [0.15, 0.2) is 0 Å². The SMILES string of the molecule is CCC(C)NC(=O)C(CC)N(Cc1cccc(C)c1)C(=O)CCCN(c1ccccc1OC)S(C)(=O)=O. The first-order chi connectivity index (χ1) is 17.5. The van der Waals surface area contributed by atoms with Crippen LogP contribution in [0.5, 0.6) is 5.75 Å². The number of nitrogens with one attached hydrogen (secondary N) is 1. The lowest BCUT2D eigenvalue weighted by Gasteiger charge is -2.32. The summed E-state index contributed by atoms with van der Waals surface area (Å²) in [4.78, 5) is 28.3. The van der Waals surface area contributed by atoms with Crippen molar-refractivity contribution in [3.8, 4) is 5.75 Å². The molecule has 1 N–H and O–H groups in total. The molecule has 9 heteroatoms. The Morgan fingerprint density at radius 1 is 1.05 bits per heavy atom. The minimum absolute atomic E-state index is 0.00152. The number of sulfonamides is 1. The molecule has 0 bridgehead atoms. The van der Waals surface area contributed by atoms with Crippen molar-refractivity contribution in [2.24, 2.45) is 0 Å². The van der Waals surface area contributed by atoms with Crippen molar-refractivity contribution in [2.75, 3.05) is 24.2 Å². The molecule has 2 amide bonds. The van der Waals surface area contributed by atoms with Gasteiger partial charge in [0, 0.05) is 25.6 Å². The fraction of sp³-hybridized carbons (Fsp3) is 0.500. The van der Waals surface area contributed by atoms with Crippen molar-refractivity contribution >= 4 is 27.5 Å². The first-order valence-electron chi connectivity index (χ1n) is 12.8. The molecule has 2 atom stereocenters. The number of ether oxygens (including phenoxy) is 1. The van der Waals surface area contributed by atoms with Crippen LogP contribution >= 0.6 is 0 Å². The second kappa shape index (κ2) is 14.0. The van der Waals surface area contributed by atoms with Gasteiger partial charge in [0.1, 0.15) is 11.8 Å². The van der Waals surface area contributed by atoms with Gasteiger partial charge in [0.25, 0.3) is 0 Å². The van der Waals surface area contributed by atoms with Gasteiger partial charge in [-0.2, -0.15) is 0 Å². The monoisotopic (exact) mass is 531 g/mol. The molecule has 0 spiro atoms. The molecule has 0 radical (unpaired) electrons. The maximum Gasteiger partial charge on any atom is 0.243 e. The molecule has 0 aliphatic carbocycles. The van der Waals surface area contributed by atoms with Gasteiger partial charge in [-0.3, -0.25) is 13.9 Å². The fourth-order valence-corrected chi connectivity index (χ4v) is 5.15. The highest BCUT2D eigenvalue weighted by Gasteiger charge is 2.29. The van der Waals surface area contributed by atoms with E-state index in [1.165, 1.54) is 11.4 Å². The van der Waals surface area contributed by atoms with Crippen molar-refractivity contribution in [3.05, 3.63) is 59.7 Å². The van der Waals surface area contributed by atoms with Gasteiger partial charge in [-0.25, -0.2) is 8.42 Å². The molecule has 37 heavy (non-hydrogen) atoms. The summed E-state index contributed by atoms with van der Waals surface area (Å²) in [7, 11) is -2.12. The number of carbonyl (C=O) groups excluding carboxylic acids is 2. The lowest BCUT2D eigenvalue weighted by atomic mass is 10.1. The zero-order valence-electron chi connectivity index (χ0n) is 22.9. The summed E-state index contributed by atoms with van der Waals surface area (Å²) in [6.45, 7) is 8.23. The third-order valence-corrected chi connectivity index (χ3v) is 7.51. The Balaban J connectivity index is 2.25. The van der Waals surface area contributed by atoms with E-state index in [0.717, 1.165) is 23.8 Å². The number of rotatable bonds is 14. The minimum atomic E-state index is -3.61. The summed E-state index contributed by atoms with van der Waals surface area (Å²) in [5.41, 5.74) is 2.44. The molecular weight excluding hydrogens is 490 g/mol. The van der Waals surface area contributed by atoms with E-state index < -0.39 is 16.1 Å². The van der Waals surface area contributed by atoms with Crippen LogP contribution in [0.2, 0.25) is 0 Å². The molecule has 0 fully saturated rings. The maximum atomic E-state index is 13.5. The number of methoxy groups -OCH3 is 1. The van der Waals surface area contributed by atoms with Crippen LogP contribution in [0.3, 0.4) is 0 Å². The fourth-order valence-electron chi connectivity index (χ4n) is 4.19. The van der Waals surface area contributed by atoms with Crippen molar-refractivity contribution < 1.29 is 22.7 Å². The molecule has 2 unspecified atom stereocenters. The lowest BCUT2D eigenvalue weighted by molar-refractivity contribution is -0.141. The topological polar surface area (TPSA) is 96.0 Å². The quantitative estimate of drug-likeness (QED) is 0.393. The maximum absolute atomic E-state index is 13.5. The Hall–Kier alpha value is -3.07. The van der Waals surface area contributed by atoms with Gasteiger partial charge in [0.2, 0.25) is 21.8 Å². The Bertz CT molecular complexity index is 1150. The van der Waals surface area contributed by atoms with Gasteiger partial charge < -0.3 is 15.0 Å². The first-order valence-corrected chi connectivity index (χ1v) is 14.6. The van der Waals surface area contributed by atoms with Crippen molar-refractivity contribution in [2.45, 2.75) is 72.0 Å². The van der Waals surface area contributed by atoms with Gasteiger partial charge >= 0.3 is 0 Å². The third-order valence-electron chi connectivity index (χ3n) is 6.33. The molecule has 2 aromatic rings. The largest absolute Gasteiger partial charge is 0.495 e. The number of amides is 2. The minimum Gasteiger partial charge on any atom is -0.495 e. The van der Waals surface area contributed by atoms with Crippen LogP contribution in [0.15, 0.2) is 48.5 Å². The third kappa shape index (κ3) is 8.77. The van der Waals surface area contributed by atoms with E-state index in [9.17, 15) is 18.0 Å². The number of carbonyl (C=O) groups is 2. The molecule has 0 saturated heterocycles. The van der Waals surface area contributed by atoms with Gasteiger partial charge in [-0.15, -0.1) is 0 Å². The van der Waals surface area contributed by atoms with E-state index >= 15 is 0 Å². The van der Waals surface area contributed by atoms with E-state index in [4.69, 9.17) is 4.74 Å². The van der Waals surface area contributed by atoms with Crippen molar-refractivity contribution in [1.29, 1.82) is 0 Å². The summed E-state index contributed by atoms with van der Waals surface area (Å²) in [6, 6.07) is 14.1. The zero-order valence-corrected chi connectivity index (χ0v) is 23.7. The Kier molecular flexibility index (Phi) is 11.4. The smallest absolute Gasteiger partial charge is 0.243 e. The van der Waals surface area contributed by atoms with E-state index in [-0.39, 0.29) is 37.2 Å². The first kappa shape index (κ1) is 30.2. The number of hydrogen-bond donors (Lipinski definition) is 1. The van der Waals surface area contributed by atoms with E-state index in [1.807, 2.05) is 52.0 Å². The van der Waals surface area contributed by atoms with Crippen molar-refractivity contribution in [3.63, 3.8) is 0 Å². The molecular formula is C28H41N3O5S. The van der Waals surface area contributed by atoms with Crippen LogP contribution in [0.1, 0.15) is 57.6 Å².